The summed E-state index contributed by atoms with van der Waals surface area (Å²) in [7, 11) is 0. The highest BCUT2D eigenvalue weighted by Gasteiger charge is 2.14. The van der Waals surface area contributed by atoms with Crippen LogP contribution in [-0.4, -0.2) is 28.0 Å². The number of carbonyl (C=O) groups is 3. The van der Waals surface area contributed by atoms with Crippen LogP contribution < -0.4 is 10.6 Å². The van der Waals surface area contributed by atoms with Crippen LogP contribution in [0.15, 0.2) is 18.3 Å². The second-order valence-electron chi connectivity index (χ2n) is 3.87. The highest BCUT2D eigenvalue weighted by Crippen LogP contribution is 2.19. The maximum absolute atomic E-state index is 11.5. The molecule has 0 saturated carbocycles. The third kappa shape index (κ3) is 5.19. The summed E-state index contributed by atoms with van der Waals surface area (Å²) in [5, 5.41) is 13.6. The summed E-state index contributed by atoms with van der Waals surface area (Å²) in [5.41, 5.74) is 0. The predicted molar refractivity (Wildman–Crippen MR) is 73.4 cm³/mol. The van der Waals surface area contributed by atoms with Crippen molar-refractivity contribution in [1.29, 1.82) is 0 Å². The van der Waals surface area contributed by atoms with Gasteiger partial charge in [-0.05, 0) is 13.3 Å². The van der Waals surface area contributed by atoms with E-state index in [1.54, 1.807) is 13.1 Å². The normalized spacial score (nSPS) is 12.1. The molecule has 0 bridgehead atoms. The Labute approximate surface area is 119 Å². The van der Waals surface area contributed by atoms with Gasteiger partial charge in [-0.1, -0.05) is 6.92 Å². The van der Waals surface area contributed by atoms with Crippen LogP contribution in [0.25, 0.3) is 0 Å². The van der Waals surface area contributed by atoms with Gasteiger partial charge in [-0.15, -0.1) is 11.3 Å². The Kier molecular flexibility index (Phi) is 5.85. The molecule has 1 heterocycles. The minimum absolute atomic E-state index is 0.337. The molecule has 108 valence electrons. The van der Waals surface area contributed by atoms with Gasteiger partial charge in [-0.25, -0.2) is 14.6 Å². The topological polar surface area (TPSA) is 108 Å². The molecule has 0 saturated heterocycles. The van der Waals surface area contributed by atoms with Gasteiger partial charge in [-0.2, -0.15) is 0 Å². The molecule has 1 atom stereocenters. The minimum atomic E-state index is -1.26. The van der Waals surface area contributed by atoms with Gasteiger partial charge >= 0.3 is 12.0 Å². The Morgan fingerprint density at radius 2 is 2.15 bits per heavy atom. The Bertz CT molecular complexity index is 539. The van der Waals surface area contributed by atoms with Gasteiger partial charge in [0.05, 0.1) is 6.04 Å². The lowest BCUT2D eigenvalue weighted by atomic mass is 10.3. The number of imide groups is 1. The number of carboxylic acids is 1. The Morgan fingerprint density at radius 1 is 1.45 bits per heavy atom. The van der Waals surface area contributed by atoms with E-state index < -0.39 is 17.9 Å². The highest BCUT2D eigenvalue weighted by atomic mass is 32.1. The largest absolute Gasteiger partial charge is 0.478 e. The molecule has 0 aliphatic heterocycles. The van der Waals surface area contributed by atoms with Crippen molar-refractivity contribution in [1.82, 2.24) is 15.6 Å². The molecular formula is C12H15N3O4S. The lowest BCUT2D eigenvalue weighted by Gasteiger charge is -2.10. The van der Waals surface area contributed by atoms with E-state index in [0.717, 1.165) is 22.4 Å². The molecule has 0 aliphatic carbocycles. The number of amides is 3. The number of hydrogen-bond acceptors (Lipinski definition) is 5. The fourth-order valence-electron chi connectivity index (χ4n) is 1.28. The monoisotopic (exact) mass is 297 g/mol. The molecular weight excluding hydrogens is 282 g/mol. The van der Waals surface area contributed by atoms with Gasteiger partial charge in [0.1, 0.15) is 5.01 Å². The zero-order chi connectivity index (χ0) is 15.1. The molecule has 0 aromatic carbocycles. The smallest absolute Gasteiger partial charge is 0.328 e. The molecule has 1 unspecified atom stereocenters. The number of aryl methyl sites for hydroxylation is 1. The fourth-order valence-corrected chi connectivity index (χ4v) is 2.14. The van der Waals surface area contributed by atoms with Crippen LogP contribution in [0.1, 0.15) is 29.8 Å². The summed E-state index contributed by atoms with van der Waals surface area (Å²) < 4.78 is 0. The van der Waals surface area contributed by atoms with E-state index in [-0.39, 0.29) is 6.04 Å². The number of nitrogens with one attached hydrogen (secondary N) is 2. The van der Waals surface area contributed by atoms with Crippen molar-refractivity contribution < 1.29 is 19.5 Å². The first-order chi connectivity index (χ1) is 9.42. The number of carbonyl (C=O) groups excluding carboxylic acids is 2. The number of rotatable bonds is 5. The molecule has 0 spiro atoms. The van der Waals surface area contributed by atoms with Gasteiger partial charge in [0, 0.05) is 23.2 Å². The van der Waals surface area contributed by atoms with Crippen molar-refractivity contribution in [3.05, 3.63) is 28.2 Å². The van der Waals surface area contributed by atoms with Crippen molar-refractivity contribution in [2.75, 3.05) is 0 Å². The predicted octanol–water partition coefficient (Wildman–Crippen LogP) is 1.23. The second-order valence-corrected chi connectivity index (χ2v) is 5.02. The maximum atomic E-state index is 11.5. The summed E-state index contributed by atoms with van der Waals surface area (Å²) in [6, 6.07) is -1.04. The fraction of sp³-hybridized carbons (Fsp3) is 0.333. The SMILES string of the molecule is CCc1cnc(C(C)NC(=O)NC(=O)/C=C/C(=O)O)s1. The highest BCUT2D eigenvalue weighted by molar-refractivity contribution is 7.11. The lowest BCUT2D eigenvalue weighted by Crippen LogP contribution is -2.39. The molecule has 1 rings (SSSR count). The molecule has 20 heavy (non-hydrogen) atoms. The first kappa shape index (κ1) is 15.8. The van der Waals surface area contributed by atoms with Gasteiger partial charge in [0.2, 0.25) is 0 Å². The number of carboxylic acid groups (broad SMARTS) is 1. The van der Waals surface area contributed by atoms with Crippen LogP contribution in [0.4, 0.5) is 4.79 Å². The van der Waals surface area contributed by atoms with Crippen LogP contribution >= 0.6 is 11.3 Å². The quantitative estimate of drug-likeness (QED) is 0.708. The average Bonchev–Trinajstić information content (AvgIpc) is 2.85. The molecule has 0 radical (unpaired) electrons. The molecule has 1 aromatic rings. The van der Waals surface area contributed by atoms with Crippen LogP contribution in [0.5, 0.6) is 0 Å². The summed E-state index contributed by atoms with van der Waals surface area (Å²) >= 11 is 1.49. The average molecular weight is 297 g/mol. The van der Waals surface area contributed by atoms with Crippen molar-refractivity contribution >= 4 is 29.2 Å². The number of hydrogen-bond donors (Lipinski definition) is 3. The van der Waals surface area contributed by atoms with E-state index >= 15 is 0 Å². The number of aliphatic carboxylic acids is 1. The number of thiazole rings is 1. The van der Waals surface area contributed by atoms with Gasteiger partial charge in [0.25, 0.3) is 5.91 Å². The van der Waals surface area contributed by atoms with E-state index in [9.17, 15) is 14.4 Å². The first-order valence-corrected chi connectivity index (χ1v) is 6.71. The first-order valence-electron chi connectivity index (χ1n) is 5.89. The Morgan fingerprint density at radius 3 is 2.70 bits per heavy atom. The lowest BCUT2D eigenvalue weighted by molar-refractivity contribution is -0.131. The molecule has 0 fully saturated rings. The third-order valence-electron chi connectivity index (χ3n) is 2.25. The summed E-state index contributed by atoms with van der Waals surface area (Å²) in [6.45, 7) is 3.75. The number of nitrogens with zero attached hydrogens (tertiary/aromatic N) is 1. The van der Waals surface area contributed by atoms with Crippen LogP contribution in [-0.2, 0) is 16.0 Å². The molecule has 3 N–H and O–H groups in total. The zero-order valence-electron chi connectivity index (χ0n) is 11.0. The minimum Gasteiger partial charge on any atom is -0.478 e. The molecule has 3 amide bonds. The van der Waals surface area contributed by atoms with Crippen LogP contribution in [0.2, 0.25) is 0 Å². The standard InChI is InChI=1S/C12H15N3O4S/c1-3-8-6-13-11(20-8)7(2)14-12(19)15-9(16)4-5-10(17)18/h4-7H,3H2,1-2H3,(H,17,18)(H2,14,15,16,19)/b5-4+. The molecule has 0 aliphatic rings. The van der Waals surface area contributed by atoms with Gasteiger partial charge in [0.15, 0.2) is 0 Å². The van der Waals surface area contributed by atoms with Gasteiger partial charge in [-0.3, -0.25) is 10.1 Å². The third-order valence-corrected chi connectivity index (χ3v) is 3.58. The van der Waals surface area contributed by atoms with Crippen molar-refractivity contribution in [3.63, 3.8) is 0 Å². The summed E-state index contributed by atoms with van der Waals surface area (Å²) in [6.07, 6.45) is 4.04. The number of aromatic nitrogens is 1. The van der Waals surface area contributed by atoms with E-state index in [1.807, 2.05) is 12.2 Å². The second kappa shape index (κ2) is 7.39. The molecule has 7 nitrogen and oxygen atoms in total. The zero-order valence-corrected chi connectivity index (χ0v) is 11.9. The van der Waals surface area contributed by atoms with E-state index in [2.05, 4.69) is 10.3 Å². The van der Waals surface area contributed by atoms with Crippen molar-refractivity contribution in [2.24, 2.45) is 0 Å². The van der Waals surface area contributed by atoms with Crippen LogP contribution in [0, 0.1) is 0 Å². The van der Waals surface area contributed by atoms with E-state index in [4.69, 9.17) is 5.11 Å². The summed E-state index contributed by atoms with van der Waals surface area (Å²) in [4.78, 5) is 38.2. The van der Waals surface area contributed by atoms with E-state index in [1.165, 1.54) is 11.3 Å². The van der Waals surface area contributed by atoms with E-state index in [0.29, 0.717) is 6.08 Å². The molecule has 1 aromatic heterocycles. The number of urea groups is 1. The maximum Gasteiger partial charge on any atom is 0.328 e. The summed E-state index contributed by atoms with van der Waals surface area (Å²) in [5.74, 6) is -2.06. The molecule has 8 heteroatoms. The van der Waals surface area contributed by atoms with Crippen molar-refractivity contribution in [2.45, 2.75) is 26.3 Å². The van der Waals surface area contributed by atoms with Crippen LogP contribution in [0.3, 0.4) is 0 Å². The Balaban J connectivity index is 2.49. The van der Waals surface area contributed by atoms with Crippen molar-refractivity contribution in [3.8, 4) is 0 Å². The van der Waals surface area contributed by atoms with Gasteiger partial charge < -0.3 is 10.4 Å². The Hall–Kier alpha value is -2.22.